The lowest BCUT2D eigenvalue weighted by Crippen LogP contribution is -2.10. The Bertz CT molecular complexity index is 358. The average Bonchev–Trinajstić information content (AvgIpc) is 3.25. The van der Waals surface area contributed by atoms with Crippen molar-refractivity contribution >= 4 is 5.97 Å². The number of aliphatic hydroxyl groups is 1. The van der Waals surface area contributed by atoms with Gasteiger partial charge in [-0.25, -0.2) is 0 Å². The van der Waals surface area contributed by atoms with E-state index in [4.69, 9.17) is 5.11 Å². The van der Waals surface area contributed by atoms with Crippen molar-refractivity contribution in [1.82, 2.24) is 0 Å². The van der Waals surface area contributed by atoms with Gasteiger partial charge in [-0.15, -0.1) is 0 Å². The number of aliphatic carboxylic acids is 1. The summed E-state index contributed by atoms with van der Waals surface area (Å²) in [6, 6.07) is 0. The SMILES string of the molecule is CCC(C)(C)CCCCCC(O)CCCCCC1(CC(=O)O)CC1. The van der Waals surface area contributed by atoms with Crippen molar-refractivity contribution in [2.45, 2.75) is 117 Å². The maximum absolute atomic E-state index is 10.8. The van der Waals surface area contributed by atoms with E-state index in [-0.39, 0.29) is 11.5 Å². The van der Waals surface area contributed by atoms with E-state index in [9.17, 15) is 9.90 Å². The third kappa shape index (κ3) is 9.66. The first kappa shape index (κ1) is 21.5. The van der Waals surface area contributed by atoms with Crippen molar-refractivity contribution in [3.63, 3.8) is 0 Å². The molecule has 3 nitrogen and oxygen atoms in total. The molecule has 0 aromatic carbocycles. The minimum atomic E-state index is -0.648. The largest absolute Gasteiger partial charge is 0.481 e. The molecule has 1 saturated carbocycles. The summed E-state index contributed by atoms with van der Waals surface area (Å²) in [6.07, 6.45) is 14.8. The summed E-state index contributed by atoms with van der Waals surface area (Å²) in [6.45, 7) is 6.94. The average molecular weight is 341 g/mol. The van der Waals surface area contributed by atoms with Crippen LogP contribution >= 0.6 is 0 Å². The van der Waals surface area contributed by atoms with Crippen LogP contribution in [0.15, 0.2) is 0 Å². The zero-order valence-corrected chi connectivity index (χ0v) is 16.3. The van der Waals surface area contributed by atoms with Crippen LogP contribution in [0.5, 0.6) is 0 Å². The molecule has 0 saturated heterocycles. The first-order chi connectivity index (χ1) is 11.3. The molecule has 0 radical (unpaired) electrons. The Morgan fingerprint density at radius 3 is 2.12 bits per heavy atom. The van der Waals surface area contributed by atoms with E-state index in [2.05, 4.69) is 20.8 Å². The van der Waals surface area contributed by atoms with Crippen LogP contribution in [0.4, 0.5) is 0 Å². The van der Waals surface area contributed by atoms with Gasteiger partial charge in [0.2, 0.25) is 0 Å². The van der Waals surface area contributed by atoms with Crippen molar-refractivity contribution < 1.29 is 15.0 Å². The zero-order chi connectivity index (χ0) is 18.1. The highest BCUT2D eigenvalue weighted by molar-refractivity contribution is 5.68. The second-order valence-electron chi connectivity index (χ2n) is 8.94. The summed E-state index contributed by atoms with van der Waals surface area (Å²) >= 11 is 0. The highest BCUT2D eigenvalue weighted by Gasteiger charge is 2.43. The lowest BCUT2D eigenvalue weighted by molar-refractivity contribution is -0.138. The summed E-state index contributed by atoms with van der Waals surface area (Å²) in [7, 11) is 0. The molecular weight excluding hydrogens is 300 g/mol. The maximum atomic E-state index is 10.8. The van der Waals surface area contributed by atoms with Gasteiger partial charge in [0, 0.05) is 0 Å². The number of aliphatic hydroxyl groups excluding tert-OH is 1. The molecule has 24 heavy (non-hydrogen) atoms. The molecule has 1 aliphatic carbocycles. The van der Waals surface area contributed by atoms with Crippen molar-refractivity contribution in [2.75, 3.05) is 0 Å². The second kappa shape index (κ2) is 10.4. The lowest BCUT2D eigenvalue weighted by atomic mass is 9.84. The fourth-order valence-corrected chi connectivity index (χ4v) is 3.55. The normalized spacial score (nSPS) is 17.7. The van der Waals surface area contributed by atoms with Gasteiger partial charge in [0.25, 0.3) is 0 Å². The van der Waals surface area contributed by atoms with Crippen molar-refractivity contribution in [1.29, 1.82) is 0 Å². The number of carbonyl (C=O) groups is 1. The van der Waals surface area contributed by atoms with Crippen LogP contribution in [-0.4, -0.2) is 22.3 Å². The number of rotatable bonds is 15. The van der Waals surface area contributed by atoms with Gasteiger partial charge in [-0.3, -0.25) is 4.79 Å². The Morgan fingerprint density at radius 1 is 1.04 bits per heavy atom. The lowest BCUT2D eigenvalue weighted by Gasteiger charge is -2.22. The summed E-state index contributed by atoms with van der Waals surface area (Å²) in [4.78, 5) is 10.8. The van der Waals surface area contributed by atoms with Crippen LogP contribution in [0.1, 0.15) is 111 Å². The third-order valence-electron chi connectivity index (χ3n) is 6.08. The fourth-order valence-electron chi connectivity index (χ4n) is 3.55. The molecule has 142 valence electrons. The molecule has 0 bridgehead atoms. The molecule has 0 spiro atoms. The molecule has 1 fully saturated rings. The quantitative estimate of drug-likeness (QED) is 0.363. The van der Waals surface area contributed by atoms with Crippen LogP contribution in [0.25, 0.3) is 0 Å². The van der Waals surface area contributed by atoms with E-state index in [1.54, 1.807) is 0 Å². The standard InChI is InChI=1S/C21H40O3/c1-4-20(2,3)13-9-5-7-11-18(22)12-8-6-10-14-21(15-16-21)17-19(23)24/h18,22H,4-17H2,1-3H3,(H,23,24). The molecule has 1 unspecified atom stereocenters. The van der Waals surface area contributed by atoms with Crippen LogP contribution in [0.3, 0.4) is 0 Å². The van der Waals surface area contributed by atoms with Crippen LogP contribution < -0.4 is 0 Å². The van der Waals surface area contributed by atoms with Gasteiger partial charge in [0.05, 0.1) is 12.5 Å². The minimum absolute atomic E-state index is 0.136. The fraction of sp³-hybridized carbons (Fsp3) is 0.952. The Balaban J connectivity index is 1.93. The molecule has 3 heteroatoms. The topological polar surface area (TPSA) is 57.5 Å². The predicted molar refractivity (Wildman–Crippen MR) is 100 cm³/mol. The highest BCUT2D eigenvalue weighted by atomic mass is 16.4. The monoisotopic (exact) mass is 340 g/mol. The van der Waals surface area contributed by atoms with Gasteiger partial charge in [-0.1, -0.05) is 65.7 Å². The molecule has 1 rings (SSSR count). The smallest absolute Gasteiger partial charge is 0.303 e. The molecule has 0 heterocycles. The van der Waals surface area contributed by atoms with E-state index in [1.165, 1.54) is 25.7 Å². The molecular formula is C21H40O3. The minimum Gasteiger partial charge on any atom is -0.481 e. The molecule has 0 aromatic rings. The molecule has 0 aliphatic heterocycles. The maximum Gasteiger partial charge on any atom is 0.303 e. The summed E-state index contributed by atoms with van der Waals surface area (Å²) in [5.74, 6) is -0.648. The first-order valence-electron chi connectivity index (χ1n) is 10.2. The van der Waals surface area contributed by atoms with Crippen molar-refractivity contribution in [3.8, 4) is 0 Å². The predicted octanol–water partition coefficient (Wildman–Crippen LogP) is 5.94. The summed E-state index contributed by atoms with van der Waals surface area (Å²) in [5, 5.41) is 19.0. The Hall–Kier alpha value is -0.570. The molecule has 0 amide bonds. The number of unbranched alkanes of at least 4 members (excludes halogenated alkanes) is 4. The zero-order valence-electron chi connectivity index (χ0n) is 16.3. The summed E-state index contributed by atoms with van der Waals surface area (Å²) < 4.78 is 0. The molecule has 2 N–H and O–H groups in total. The van der Waals surface area contributed by atoms with Crippen molar-refractivity contribution in [3.05, 3.63) is 0 Å². The Labute approximate surface area is 149 Å². The van der Waals surface area contributed by atoms with E-state index in [0.717, 1.165) is 57.8 Å². The van der Waals surface area contributed by atoms with E-state index in [0.29, 0.717) is 11.8 Å². The van der Waals surface area contributed by atoms with Gasteiger partial charge in [-0.2, -0.15) is 0 Å². The Kier molecular flexibility index (Phi) is 9.33. The molecule has 1 atom stereocenters. The van der Waals surface area contributed by atoms with Gasteiger partial charge in [0.1, 0.15) is 0 Å². The van der Waals surface area contributed by atoms with Gasteiger partial charge in [0.15, 0.2) is 0 Å². The van der Waals surface area contributed by atoms with Gasteiger partial charge in [-0.05, 0) is 49.4 Å². The number of carboxylic acid groups (broad SMARTS) is 1. The van der Waals surface area contributed by atoms with Crippen LogP contribution in [0.2, 0.25) is 0 Å². The molecule has 1 aliphatic rings. The summed E-state index contributed by atoms with van der Waals surface area (Å²) in [5.41, 5.74) is 0.606. The van der Waals surface area contributed by atoms with E-state index >= 15 is 0 Å². The van der Waals surface area contributed by atoms with Gasteiger partial charge >= 0.3 is 5.97 Å². The second-order valence-corrected chi connectivity index (χ2v) is 8.94. The third-order valence-corrected chi connectivity index (χ3v) is 6.08. The van der Waals surface area contributed by atoms with Gasteiger partial charge < -0.3 is 10.2 Å². The van der Waals surface area contributed by atoms with E-state index < -0.39 is 5.97 Å². The van der Waals surface area contributed by atoms with E-state index in [1.807, 2.05) is 0 Å². The molecule has 0 aromatic heterocycles. The van der Waals surface area contributed by atoms with Crippen LogP contribution in [0, 0.1) is 10.8 Å². The number of carboxylic acids is 1. The Morgan fingerprint density at radius 2 is 1.62 bits per heavy atom. The van der Waals surface area contributed by atoms with Crippen molar-refractivity contribution in [2.24, 2.45) is 10.8 Å². The number of hydrogen-bond acceptors (Lipinski definition) is 2. The highest BCUT2D eigenvalue weighted by Crippen LogP contribution is 2.52. The first-order valence-corrected chi connectivity index (χ1v) is 10.2. The number of hydrogen-bond donors (Lipinski definition) is 2. The van der Waals surface area contributed by atoms with Crippen LogP contribution in [-0.2, 0) is 4.79 Å².